The van der Waals surface area contributed by atoms with Crippen molar-refractivity contribution < 1.29 is 0 Å². The normalized spacial score (nSPS) is 10.9. The quantitative estimate of drug-likeness (QED) is 0.799. The highest BCUT2D eigenvalue weighted by molar-refractivity contribution is 9.10. The number of benzene rings is 1. The molecular formula is C12H18BrN. The van der Waals surface area contributed by atoms with Gasteiger partial charge in [-0.05, 0) is 51.5 Å². The molecule has 1 nitrogen and oxygen atoms in total. The van der Waals surface area contributed by atoms with Crippen LogP contribution >= 0.6 is 15.9 Å². The first kappa shape index (κ1) is 11.7. The molecule has 0 fully saturated rings. The van der Waals surface area contributed by atoms with Crippen molar-refractivity contribution in [2.24, 2.45) is 0 Å². The van der Waals surface area contributed by atoms with Gasteiger partial charge >= 0.3 is 0 Å². The van der Waals surface area contributed by atoms with Crippen molar-refractivity contribution in [3.05, 3.63) is 33.8 Å². The van der Waals surface area contributed by atoms with E-state index in [1.54, 1.807) is 0 Å². The average Bonchev–Trinajstić information content (AvgIpc) is 2.12. The van der Waals surface area contributed by atoms with Gasteiger partial charge in [0.15, 0.2) is 0 Å². The van der Waals surface area contributed by atoms with Gasteiger partial charge in [-0.15, -0.1) is 0 Å². The highest BCUT2D eigenvalue weighted by atomic mass is 79.9. The largest absolute Gasteiger partial charge is 0.309 e. The molecule has 0 bridgehead atoms. The van der Waals surface area contributed by atoms with Crippen LogP contribution in [-0.4, -0.2) is 25.5 Å². The third-order valence-electron chi connectivity index (χ3n) is 2.32. The van der Waals surface area contributed by atoms with Crippen LogP contribution in [0.1, 0.15) is 17.5 Å². The Morgan fingerprint density at radius 3 is 2.64 bits per heavy atom. The highest BCUT2D eigenvalue weighted by Crippen LogP contribution is 2.22. The van der Waals surface area contributed by atoms with Crippen molar-refractivity contribution >= 4 is 15.9 Å². The molecule has 1 aromatic rings. The first-order valence-corrected chi connectivity index (χ1v) is 5.79. The van der Waals surface area contributed by atoms with E-state index in [0.29, 0.717) is 0 Å². The first-order chi connectivity index (χ1) is 6.61. The number of rotatable bonds is 4. The molecule has 1 aromatic carbocycles. The zero-order valence-electron chi connectivity index (χ0n) is 9.18. The second-order valence-electron chi connectivity index (χ2n) is 3.95. The van der Waals surface area contributed by atoms with Gasteiger partial charge in [-0.2, -0.15) is 0 Å². The molecule has 2 heteroatoms. The van der Waals surface area contributed by atoms with E-state index in [9.17, 15) is 0 Å². The van der Waals surface area contributed by atoms with E-state index in [-0.39, 0.29) is 0 Å². The van der Waals surface area contributed by atoms with E-state index < -0.39 is 0 Å². The molecule has 0 aromatic heterocycles. The van der Waals surface area contributed by atoms with Crippen molar-refractivity contribution in [1.82, 2.24) is 4.90 Å². The van der Waals surface area contributed by atoms with Gasteiger partial charge < -0.3 is 4.90 Å². The van der Waals surface area contributed by atoms with Crippen LogP contribution in [0.3, 0.4) is 0 Å². The van der Waals surface area contributed by atoms with Crippen LogP contribution in [0, 0.1) is 6.92 Å². The summed E-state index contributed by atoms with van der Waals surface area (Å²) in [6, 6.07) is 6.47. The lowest BCUT2D eigenvalue weighted by Crippen LogP contribution is -2.13. The molecule has 0 amide bonds. The van der Waals surface area contributed by atoms with Crippen LogP contribution in [0.4, 0.5) is 0 Å². The molecule has 0 spiro atoms. The maximum absolute atomic E-state index is 3.63. The van der Waals surface area contributed by atoms with Crippen LogP contribution < -0.4 is 0 Å². The van der Waals surface area contributed by atoms with E-state index in [2.05, 4.69) is 60.0 Å². The summed E-state index contributed by atoms with van der Waals surface area (Å²) in [5.74, 6) is 0. The Balaban J connectivity index is 2.54. The summed E-state index contributed by atoms with van der Waals surface area (Å²) in [6.07, 6.45) is 2.37. The van der Waals surface area contributed by atoms with E-state index in [0.717, 1.165) is 13.0 Å². The highest BCUT2D eigenvalue weighted by Gasteiger charge is 2.01. The number of aryl methyl sites for hydroxylation is 2. The molecule has 0 radical (unpaired) electrons. The monoisotopic (exact) mass is 255 g/mol. The van der Waals surface area contributed by atoms with Crippen LogP contribution in [0.25, 0.3) is 0 Å². The maximum Gasteiger partial charge on any atom is 0.0236 e. The lowest BCUT2D eigenvalue weighted by atomic mass is 10.1. The predicted molar refractivity (Wildman–Crippen MR) is 65.8 cm³/mol. The van der Waals surface area contributed by atoms with Gasteiger partial charge in [0, 0.05) is 4.47 Å². The molecule has 0 atom stereocenters. The zero-order chi connectivity index (χ0) is 10.6. The number of halogens is 1. The van der Waals surface area contributed by atoms with Crippen molar-refractivity contribution in [2.75, 3.05) is 20.6 Å². The van der Waals surface area contributed by atoms with Crippen molar-refractivity contribution in [3.63, 3.8) is 0 Å². The number of hydrogen-bond acceptors (Lipinski definition) is 1. The fraction of sp³-hybridized carbons (Fsp3) is 0.500. The fourth-order valence-corrected chi connectivity index (χ4v) is 1.95. The molecule has 1 rings (SSSR count). The standard InChI is InChI=1S/C12H18BrN/c1-10-6-4-7-11(12(10)13)8-5-9-14(2)3/h4,6-7H,5,8-9H2,1-3H3. The minimum atomic E-state index is 1.15. The van der Waals surface area contributed by atoms with Crippen molar-refractivity contribution in [2.45, 2.75) is 19.8 Å². The number of nitrogens with zero attached hydrogens (tertiary/aromatic N) is 1. The van der Waals surface area contributed by atoms with Gasteiger partial charge in [0.1, 0.15) is 0 Å². The Morgan fingerprint density at radius 2 is 2.00 bits per heavy atom. The van der Waals surface area contributed by atoms with E-state index in [1.807, 2.05) is 0 Å². The molecule has 14 heavy (non-hydrogen) atoms. The van der Waals surface area contributed by atoms with Gasteiger partial charge in [0.25, 0.3) is 0 Å². The van der Waals surface area contributed by atoms with Gasteiger partial charge in [-0.1, -0.05) is 34.1 Å². The smallest absolute Gasteiger partial charge is 0.0236 e. The summed E-state index contributed by atoms with van der Waals surface area (Å²) in [6.45, 7) is 3.29. The third kappa shape index (κ3) is 3.43. The Labute approximate surface area is 95.2 Å². The van der Waals surface area contributed by atoms with E-state index in [4.69, 9.17) is 0 Å². The van der Waals surface area contributed by atoms with Crippen LogP contribution in [-0.2, 0) is 6.42 Å². The number of hydrogen-bond donors (Lipinski definition) is 0. The zero-order valence-corrected chi connectivity index (χ0v) is 10.8. The lowest BCUT2D eigenvalue weighted by Gasteiger charge is -2.10. The predicted octanol–water partition coefficient (Wildman–Crippen LogP) is 3.25. The second kappa shape index (κ2) is 5.52. The summed E-state index contributed by atoms with van der Waals surface area (Å²) < 4.78 is 1.28. The molecule has 0 aliphatic heterocycles. The Kier molecular flexibility index (Phi) is 4.63. The fourth-order valence-electron chi connectivity index (χ4n) is 1.49. The molecular weight excluding hydrogens is 238 g/mol. The van der Waals surface area contributed by atoms with Crippen LogP contribution in [0.15, 0.2) is 22.7 Å². The minimum absolute atomic E-state index is 1.15. The second-order valence-corrected chi connectivity index (χ2v) is 4.75. The summed E-state index contributed by atoms with van der Waals surface area (Å²) in [5, 5.41) is 0. The van der Waals surface area contributed by atoms with E-state index in [1.165, 1.54) is 22.0 Å². The topological polar surface area (TPSA) is 3.24 Å². The molecule has 0 aliphatic rings. The molecule has 0 N–H and O–H groups in total. The Morgan fingerprint density at radius 1 is 1.29 bits per heavy atom. The van der Waals surface area contributed by atoms with Crippen LogP contribution in [0.2, 0.25) is 0 Å². The molecule has 0 saturated heterocycles. The van der Waals surface area contributed by atoms with Gasteiger partial charge in [0.2, 0.25) is 0 Å². The van der Waals surface area contributed by atoms with Gasteiger partial charge in [-0.3, -0.25) is 0 Å². The molecule has 78 valence electrons. The molecule has 0 saturated carbocycles. The maximum atomic E-state index is 3.63. The Hall–Kier alpha value is -0.340. The van der Waals surface area contributed by atoms with E-state index >= 15 is 0 Å². The first-order valence-electron chi connectivity index (χ1n) is 5.00. The molecule has 0 aliphatic carbocycles. The summed E-state index contributed by atoms with van der Waals surface area (Å²) >= 11 is 3.63. The van der Waals surface area contributed by atoms with Gasteiger partial charge in [0.05, 0.1) is 0 Å². The lowest BCUT2D eigenvalue weighted by molar-refractivity contribution is 0.400. The van der Waals surface area contributed by atoms with Gasteiger partial charge in [-0.25, -0.2) is 0 Å². The third-order valence-corrected chi connectivity index (χ3v) is 3.46. The SMILES string of the molecule is Cc1cccc(CCCN(C)C)c1Br. The van der Waals surface area contributed by atoms with Crippen LogP contribution in [0.5, 0.6) is 0 Å². The molecule has 0 unspecified atom stereocenters. The van der Waals surface area contributed by atoms with Crippen molar-refractivity contribution in [3.8, 4) is 0 Å². The Bertz CT molecular complexity index is 294. The summed E-state index contributed by atoms with van der Waals surface area (Å²) in [4.78, 5) is 2.23. The molecule has 0 heterocycles. The average molecular weight is 256 g/mol. The summed E-state index contributed by atoms with van der Waals surface area (Å²) in [7, 11) is 4.23. The van der Waals surface area contributed by atoms with Crippen molar-refractivity contribution in [1.29, 1.82) is 0 Å². The summed E-state index contributed by atoms with van der Waals surface area (Å²) in [5.41, 5.74) is 2.75. The minimum Gasteiger partial charge on any atom is -0.309 e.